The smallest absolute Gasteiger partial charge is 0.247 e. The SMILES string of the molecule is CCn1c2ccc(CNCCOC=CC(=O)NCCOc3ccc(CCc4nc5cc(-c6c(C)noc6C)ccc5n4CCN4CCOCC4)cc3F)cc2c2ccc(-c3cc(C)cs3)cc21. The summed E-state index contributed by atoms with van der Waals surface area (Å²) in [7, 11) is 0. The summed E-state index contributed by atoms with van der Waals surface area (Å²) in [6.45, 7) is 16.1. The Morgan fingerprint density at radius 2 is 1.69 bits per heavy atom. The molecule has 8 aromatic rings. The van der Waals surface area contributed by atoms with Crippen LogP contribution in [0.5, 0.6) is 5.75 Å². The number of rotatable bonds is 20. The standard InChI is InChI=1S/C53H58FN7O5S/c1-5-60-46-12-6-39(29-43(46)42-11-9-40(32-48(42)60)50-28-35(2)34-67-50)33-55-17-24-63-23-16-52(62)56-18-25-65-49-14-7-38(30-44(49)54)8-15-51-57-45-31-41(53-36(3)58-66-37(53)4)10-13-47(45)61(51)20-19-59-21-26-64-27-22-59/h6-7,9-14,16,23,28-32,34,55H,5,8,15,17-22,24-27,33H2,1-4H3,(H,56,62). The maximum atomic E-state index is 15.3. The number of aromatic nitrogens is 4. The van der Waals surface area contributed by atoms with Crippen LogP contribution in [0, 0.1) is 26.6 Å². The second kappa shape index (κ2) is 21.1. The number of benzene rings is 4. The Bertz CT molecular complexity index is 3010. The number of amides is 1. The molecule has 67 heavy (non-hydrogen) atoms. The molecule has 0 bridgehead atoms. The van der Waals surface area contributed by atoms with Crippen LogP contribution >= 0.6 is 11.3 Å². The lowest BCUT2D eigenvalue weighted by Crippen LogP contribution is -2.38. The Labute approximate surface area is 394 Å². The molecule has 4 aromatic heterocycles. The minimum Gasteiger partial charge on any atom is -0.500 e. The van der Waals surface area contributed by atoms with Crippen LogP contribution in [-0.4, -0.2) is 89.2 Å². The number of carbonyl (C=O) groups is 1. The van der Waals surface area contributed by atoms with E-state index in [1.165, 1.54) is 61.8 Å². The molecule has 14 heteroatoms. The summed E-state index contributed by atoms with van der Waals surface area (Å²) in [4.78, 5) is 21.2. The zero-order valence-corrected chi connectivity index (χ0v) is 39.5. The van der Waals surface area contributed by atoms with E-state index in [2.05, 4.69) is 110 Å². The Balaban J connectivity index is 0.709. The first-order valence-electron chi connectivity index (χ1n) is 23.2. The number of hydrogen-bond acceptors (Lipinski definition) is 10. The second-order valence-electron chi connectivity index (χ2n) is 17.1. The molecule has 0 radical (unpaired) electrons. The molecular formula is C53H58FN7O5S. The summed E-state index contributed by atoms with van der Waals surface area (Å²) in [6, 6.07) is 27.1. The van der Waals surface area contributed by atoms with Crippen molar-refractivity contribution in [3.63, 3.8) is 0 Å². The van der Waals surface area contributed by atoms with E-state index in [1.54, 1.807) is 17.4 Å². The maximum absolute atomic E-state index is 15.3. The van der Waals surface area contributed by atoms with Crippen LogP contribution in [0.3, 0.4) is 0 Å². The van der Waals surface area contributed by atoms with Crippen LogP contribution in [-0.2, 0) is 46.7 Å². The Morgan fingerprint density at radius 3 is 2.48 bits per heavy atom. The van der Waals surface area contributed by atoms with Crippen LogP contribution in [0.15, 0.2) is 101 Å². The topological polar surface area (TPSA) is 121 Å². The van der Waals surface area contributed by atoms with Gasteiger partial charge >= 0.3 is 0 Å². The summed E-state index contributed by atoms with van der Waals surface area (Å²) >= 11 is 1.79. The molecule has 0 atom stereocenters. The number of morpholine rings is 1. The predicted molar refractivity (Wildman–Crippen MR) is 264 cm³/mol. The van der Waals surface area contributed by atoms with E-state index in [-0.39, 0.29) is 24.8 Å². The highest BCUT2D eigenvalue weighted by atomic mass is 32.1. The van der Waals surface area contributed by atoms with Gasteiger partial charge in [-0.3, -0.25) is 9.69 Å². The van der Waals surface area contributed by atoms with Crippen LogP contribution in [0.1, 0.15) is 40.9 Å². The molecule has 348 valence electrons. The molecule has 1 fully saturated rings. The van der Waals surface area contributed by atoms with E-state index in [1.807, 2.05) is 19.9 Å². The van der Waals surface area contributed by atoms with E-state index < -0.39 is 5.82 Å². The number of thiophene rings is 1. The number of aryl methyl sites for hydroxylation is 6. The molecule has 5 heterocycles. The van der Waals surface area contributed by atoms with Gasteiger partial charge in [-0.2, -0.15) is 0 Å². The molecule has 0 saturated carbocycles. The lowest BCUT2D eigenvalue weighted by Gasteiger charge is -2.27. The predicted octanol–water partition coefficient (Wildman–Crippen LogP) is 9.54. The van der Waals surface area contributed by atoms with Crippen molar-refractivity contribution in [2.75, 3.05) is 59.2 Å². The van der Waals surface area contributed by atoms with E-state index in [9.17, 15) is 4.79 Å². The number of ether oxygens (including phenoxy) is 3. The molecule has 0 aliphatic carbocycles. The highest BCUT2D eigenvalue weighted by molar-refractivity contribution is 7.13. The zero-order valence-electron chi connectivity index (χ0n) is 38.7. The average molecular weight is 924 g/mol. The van der Waals surface area contributed by atoms with Crippen molar-refractivity contribution in [1.82, 2.24) is 34.8 Å². The first kappa shape index (κ1) is 45.8. The van der Waals surface area contributed by atoms with Crippen molar-refractivity contribution in [3.05, 3.63) is 136 Å². The highest BCUT2D eigenvalue weighted by Gasteiger charge is 2.19. The first-order chi connectivity index (χ1) is 32.7. The van der Waals surface area contributed by atoms with Gasteiger partial charge in [-0.25, -0.2) is 9.37 Å². The van der Waals surface area contributed by atoms with E-state index in [4.69, 9.17) is 23.7 Å². The largest absolute Gasteiger partial charge is 0.500 e. The van der Waals surface area contributed by atoms with Crippen molar-refractivity contribution in [2.24, 2.45) is 0 Å². The number of nitrogens with one attached hydrogen (secondary N) is 2. The normalized spacial score (nSPS) is 13.4. The fraction of sp³-hybridized carbons (Fsp3) is 0.340. The summed E-state index contributed by atoms with van der Waals surface area (Å²) in [5.74, 6) is 1.10. The summed E-state index contributed by atoms with van der Waals surface area (Å²) in [6.07, 6.45) is 3.98. The third kappa shape index (κ3) is 10.6. The summed E-state index contributed by atoms with van der Waals surface area (Å²) < 4.78 is 42.2. The molecule has 0 unspecified atom stereocenters. The first-order valence-corrected chi connectivity index (χ1v) is 24.1. The van der Waals surface area contributed by atoms with Crippen LogP contribution in [0.2, 0.25) is 0 Å². The number of carbonyl (C=O) groups excluding carboxylic acids is 1. The lowest BCUT2D eigenvalue weighted by molar-refractivity contribution is -0.116. The van der Waals surface area contributed by atoms with Crippen molar-refractivity contribution < 1.29 is 27.9 Å². The van der Waals surface area contributed by atoms with Crippen molar-refractivity contribution >= 4 is 50.1 Å². The molecule has 1 amide bonds. The Morgan fingerprint density at radius 1 is 0.851 bits per heavy atom. The van der Waals surface area contributed by atoms with Gasteiger partial charge in [0.15, 0.2) is 11.6 Å². The molecule has 1 saturated heterocycles. The van der Waals surface area contributed by atoms with Crippen molar-refractivity contribution in [3.8, 4) is 27.3 Å². The number of fused-ring (bicyclic) bond motifs is 4. The third-order valence-electron chi connectivity index (χ3n) is 12.5. The maximum Gasteiger partial charge on any atom is 0.247 e. The summed E-state index contributed by atoms with van der Waals surface area (Å²) in [5, 5.41) is 15.1. The van der Waals surface area contributed by atoms with Crippen LogP contribution in [0.4, 0.5) is 4.39 Å². The van der Waals surface area contributed by atoms with Gasteiger partial charge in [0, 0.05) is 90.6 Å². The van der Waals surface area contributed by atoms with E-state index >= 15 is 4.39 Å². The van der Waals surface area contributed by atoms with E-state index in [0.29, 0.717) is 32.5 Å². The number of halogens is 1. The van der Waals surface area contributed by atoms with Crippen LogP contribution < -0.4 is 15.4 Å². The highest BCUT2D eigenvalue weighted by Crippen LogP contribution is 2.35. The minimum absolute atomic E-state index is 0.115. The van der Waals surface area contributed by atoms with Gasteiger partial charge in [-0.1, -0.05) is 35.5 Å². The Kier molecular flexibility index (Phi) is 14.4. The van der Waals surface area contributed by atoms with Gasteiger partial charge < -0.3 is 38.5 Å². The lowest BCUT2D eigenvalue weighted by atomic mass is 10.0. The molecule has 12 nitrogen and oxygen atoms in total. The van der Waals surface area contributed by atoms with Gasteiger partial charge in [0.05, 0.1) is 49.4 Å². The molecule has 4 aromatic carbocycles. The Hall–Kier alpha value is -6.32. The van der Waals surface area contributed by atoms with Gasteiger partial charge in [0.2, 0.25) is 5.91 Å². The average Bonchev–Trinajstić information content (AvgIpc) is 4.11. The second-order valence-corrected chi connectivity index (χ2v) is 18.0. The molecule has 1 aliphatic rings. The number of nitrogens with zero attached hydrogens (tertiary/aromatic N) is 5. The summed E-state index contributed by atoms with van der Waals surface area (Å²) in [5.41, 5.74) is 11.9. The van der Waals surface area contributed by atoms with Gasteiger partial charge in [0.25, 0.3) is 0 Å². The molecule has 0 spiro atoms. The van der Waals surface area contributed by atoms with E-state index in [0.717, 1.165) is 90.9 Å². The fourth-order valence-corrected chi connectivity index (χ4v) is 9.98. The van der Waals surface area contributed by atoms with Crippen molar-refractivity contribution in [1.29, 1.82) is 0 Å². The van der Waals surface area contributed by atoms with Gasteiger partial charge in [0.1, 0.15) is 18.2 Å². The third-order valence-corrected chi connectivity index (χ3v) is 13.6. The molecule has 2 N–H and O–H groups in total. The molecular weight excluding hydrogens is 866 g/mol. The van der Waals surface area contributed by atoms with Crippen molar-refractivity contribution in [2.45, 2.75) is 60.2 Å². The molecule has 1 aliphatic heterocycles. The molecule has 9 rings (SSSR count). The quantitative estimate of drug-likeness (QED) is 0.0438. The minimum atomic E-state index is -0.445. The van der Waals surface area contributed by atoms with Gasteiger partial charge in [-0.15, -0.1) is 11.3 Å². The monoisotopic (exact) mass is 923 g/mol. The fourth-order valence-electron chi connectivity index (χ4n) is 9.08. The van der Waals surface area contributed by atoms with Crippen LogP contribution in [0.25, 0.3) is 54.4 Å². The zero-order chi connectivity index (χ0) is 46.3. The number of hydrogen-bond donors (Lipinski definition) is 2. The number of imidazole rings is 1. The van der Waals surface area contributed by atoms with Gasteiger partial charge in [-0.05, 0) is 116 Å².